The van der Waals surface area contributed by atoms with Gasteiger partial charge in [-0.25, -0.2) is 9.78 Å². The Labute approximate surface area is 115 Å². The number of aromatic nitrogens is 2. The molecule has 0 bridgehead atoms. The van der Waals surface area contributed by atoms with Crippen molar-refractivity contribution in [2.24, 2.45) is 11.5 Å². The first-order chi connectivity index (χ1) is 9.62. The van der Waals surface area contributed by atoms with E-state index in [2.05, 4.69) is 15.3 Å². The number of hydrogen-bond acceptors (Lipinski definition) is 5. The van der Waals surface area contributed by atoms with Gasteiger partial charge in [-0.1, -0.05) is 6.07 Å². The topological polar surface area (TPSA) is 127 Å². The quantitative estimate of drug-likeness (QED) is 0.620. The third kappa shape index (κ3) is 3.28. The molecule has 6 N–H and O–H groups in total. The van der Waals surface area contributed by atoms with Gasteiger partial charge in [0, 0.05) is 24.8 Å². The zero-order valence-electron chi connectivity index (χ0n) is 10.7. The molecule has 7 nitrogen and oxygen atoms in total. The van der Waals surface area contributed by atoms with Crippen LogP contribution in [0.1, 0.15) is 21.5 Å². The molecule has 0 aliphatic carbocycles. The van der Waals surface area contributed by atoms with E-state index in [-0.39, 0.29) is 11.7 Å². The number of hydrogen-bond donors (Lipinski definition) is 4. The summed E-state index contributed by atoms with van der Waals surface area (Å²) in [6.07, 6.45) is 1.32. The van der Waals surface area contributed by atoms with Gasteiger partial charge in [-0.05, 0) is 29.3 Å². The van der Waals surface area contributed by atoms with Gasteiger partial charge >= 0.3 is 5.69 Å². The number of carbonyl (C=O) groups is 1. The van der Waals surface area contributed by atoms with Crippen molar-refractivity contribution < 1.29 is 4.79 Å². The second-order valence-corrected chi connectivity index (χ2v) is 4.19. The summed E-state index contributed by atoms with van der Waals surface area (Å²) in [6, 6.07) is 6.72. The lowest BCUT2D eigenvalue weighted by Crippen LogP contribution is -2.18. The molecule has 0 fully saturated rings. The Kier molecular flexibility index (Phi) is 4.24. The van der Waals surface area contributed by atoms with Gasteiger partial charge in [0.2, 0.25) is 0 Å². The smallest absolute Gasteiger partial charge is 0.326 e. The van der Waals surface area contributed by atoms with Crippen LogP contribution in [0.2, 0.25) is 0 Å². The van der Waals surface area contributed by atoms with Crippen molar-refractivity contribution >= 4 is 11.7 Å². The number of nitrogens with one attached hydrogen (secondary N) is 2. The van der Waals surface area contributed by atoms with E-state index in [0.717, 1.165) is 11.1 Å². The minimum Gasteiger partial charge on any atom is -0.326 e. The predicted molar refractivity (Wildman–Crippen MR) is 75.0 cm³/mol. The summed E-state index contributed by atoms with van der Waals surface area (Å²) >= 11 is 0. The third-order valence-corrected chi connectivity index (χ3v) is 2.71. The highest BCUT2D eigenvalue weighted by atomic mass is 16.2. The largest absolute Gasteiger partial charge is 0.346 e. The van der Waals surface area contributed by atoms with E-state index in [1.54, 1.807) is 12.1 Å². The number of H-pyrrole nitrogens is 1. The molecule has 0 atom stereocenters. The monoisotopic (exact) mass is 273 g/mol. The molecule has 0 aliphatic heterocycles. The van der Waals surface area contributed by atoms with Crippen LogP contribution in [-0.2, 0) is 13.1 Å². The second-order valence-electron chi connectivity index (χ2n) is 4.19. The molecular formula is C13H15N5O2. The average Bonchev–Trinajstić information content (AvgIpc) is 2.46. The molecule has 20 heavy (non-hydrogen) atoms. The number of carbonyl (C=O) groups excluding carboxylic acids is 1. The van der Waals surface area contributed by atoms with Crippen LogP contribution in [0.3, 0.4) is 0 Å². The maximum absolute atomic E-state index is 12.1. The van der Waals surface area contributed by atoms with E-state index < -0.39 is 5.69 Å². The standard InChI is InChI=1S/C13H15N5O2/c14-6-8-3-9(7-15)5-10(4-8)12(19)17-11-1-2-16-13(20)18-11/h1-5H,6-7,14-15H2,(H2,16,17,18,19,20). The summed E-state index contributed by atoms with van der Waals surface area (Å²) in [5.74, 6) is -0.0701. The van der Waals surface area contributed by atoms with Crippen LogP contribution in [-0.4, -0.2) is 15.9 Å². The summed E-state index contributed by atoms with van der Waals surface area (Å²) < 4.78 is 0. The molecule has 104 valence electrons. The van der Waals surface area contributed by atoms with Crippen LogP contribution < -0.4 is 22.5 Å². The van der Waals surface area contributed by atoms with Crippen molar-refractivity contribution in [1.29, 1.82) is 0 Å². The van der Waals surface area contributed by atoms with Crippen LogP contribution in [0.4, 0.5) is 5.82 Å². The fourth-order valence-corrected chi connectivity index (χ4v) is 1.77. The number of aromatic amines is 1. The minimum atomic E-state index is -0.527. The molecule has 1 amide bonds. The van der Waals surface area contributed by atoms with E-state index in [9.17, 15) is 9.59 Å². The van der Waals surface area contributed by atoms with Gasteiger partial charge in [0.25, 0.3) is 5.91 Å². The first-order valence-corrected chi connectivity index (χ1v) is 6.02. The summed E-state index contributed by atoms with van der Waals surface area (Å²) in [6.45, 7) is 0.639. The van der Waals surface area contributed by atoms with Gasteiger partial charge in [0.05, 0.1) is 0 Å². The summed E-state index contributed by atoms with van der Waals surface area (Å²) in [4.78, 5) is 29.1. The summed E-state index contributed by atoms with van der Waals surface area (Å²) in [7, 11) is 0. The van der Waals surface area contributed by atoms with Crippen molar-refractivity contribution in [3.05, 3.63) is 57.6 Å². The SMILES string of the molecule is NCc1cc(CN)cc(C(=O)Nc2ccnc(=O)[nH]2)c1. The van der Waals surface area contributed by atoms with Crippen molar-refractivity contribution in [1.82, 2.24) is 9.97 Å². The molecule has 0 aliphatic rings. The molecule has 7 heteroatoms. The Morgan fingerprint density at radius 1 is 1.20 bits per heavy atom. The number of anilines is 1. The van der Waals surface area contributed by atoms with E-state index in [0.29, 0.717) is 18.7 Å². The van der Waals surface area contributed by atoms with Crippen LogP contribution in [0, 0.1) is 0 Å². The average molecular weight is 273 g/mol. The van der Waals surface area contributed by atoms with Gasteiger partial charge in [0.1, 0.15) is 5.82 Å². The number of rotatable bonds is 4. The molecule has 1 aromatic heterocycles. The molecule has 0 spiro atoms. The summed E-state index contributed by atoms with van der Waals surface area (Å²) in [5, 5.41) is 2.59. The zero-order valence-corrected chi connectivity index (χ0v) is 10.7. The van der Waals surface area contributed by atoms with E-state index in [4.69, 9.17) is 11.5 Å². The third-order valence-electron chi connectivity index (χ3n) is 2.71. The molecule has 2 aromatic rings. The molecular weight excluding hydrogens is 258 g/mol. The van der Waals surface area contributed by atoms with E-state index in [1.165, 1.54) is 12.3 Å². The van der Waals surface area contributed by atoms with E-state index >= 15 is 0 Å². The highest BCUT2D eigenvalue weighted by Gasteiger charge is 2.09. The molecule has 2 rings (SSSR count). The van der Waals surface area contributed by atoms with Crippen LogP contribution in [0.5, 0.6) is 0 Å². The lowest BCUT2D eigenvalue weighted by molar-refractivity contribution is 0.102. The first-order valence-electron chi connectivity index (χ1n) is 6.02. The Morgan fingerprint density at radius 2 is 1.85 bits per heavy atom. The number of nitrogens with zero attached hydrogens (tertiary/aromatic N) is 1. The van der Waals surface area contributed by atoms with Crippen molar-refractivity contribution in [2.75, 3.05) is 5.32 Å². The fourth-order valence-electron chi connectivity index (χ4n) is 1.77. The van der Waals surface area contributed by atoms with Gasteiger partial charge in [-0.2, -0.15) is 0 Å². The number of nitrogens with two attached hydrogens (primary N) is 2. The normalized spacial score (nSPS) is 10.3. The maximum atomic E-state index is 12.1. The van der Waals surface area contributed by atoms with Gasteiger partial charge in [-0.3, -0.25) is 9.78 Å². The number of amides is 1. The highest BCUT2D eigenvalue weighted by Crippen LogP contribution is 2.11. The molecule has 0 unspecified atom stereocenters. The van der Waals surface area contributed by atoms with E-state index in [1.807, 2.05) is 6.07 Å². The van der Waals surface area contributed by atoms with Crippen molar-refractivity contribution in [3.63, 3.8) is 0 Å². The second kappa shape index (κ2) is 6.09. The molecule has 1 heterocycles. The molecule has 0 saturated heterocycles. The minimum absolute atomic E-state index is 0.280. The predicted octanol–water partition coefficient (Wildman–Crippen LogP) is -0.0604. The van der Waals surface area contributed by atoms with Crippen LogP contribution in [0.25, 0.3) is 0 Å². The molecule has 1 aromatic carbocycles. The fraction of sp³-hybridized carbons (Fsp3) is 0.154. The number of benzene rings is 1. The molecule has 0 radical (unpaired) electrons. The van der Waals surface area contributed by atoms with Crippen LogP contribution in [0.15, 0.2) is 35.3 Å². The maximum Gasteiger partial charge on any atom is 0.346 e. The Hall–Kier alpha value is -2.51. The van der Waals surface area contributed by atoms with Crippen LogP contribution >= 0.6 is 0 Å². The Bertz CT molecular complexity index is 658. The lowest BCUT2D eigenvalue weighted by Gasteiger charge is -2.08. The lowest BCUT2D eigenvalue weighted by atomic mass is 10.1. The van der Waals surface area contributed by atoms with Gasteiger partial charge in [-0.15, -0.1) is 0 Å². The van der Waals surface area contributed by atoms with Crippen molar-refractivity contribution in [2.45, 2.75) is 13.1 Å². The van der Waals surface area contributed by atoms with Gasteiger partial charge in [0.15, 0.2) is 0 Å². The Balaban J connectivity index is 2.26. The van der Waals surface area contributed by atoms with Gasteiger partial charge < -0.3 is 16.8 Å². The summed E-state index contributed by atoms with van der Waals surface area (Å²) in [5.41, 5.74) is 12.7. The zero-order chi connectivity index (χ0) is 14.5. The van der Waals surface area contributed by atoms with Crippen molar-refractivity contribution in [3.8, 4) is 0 Å². The highest BCUT2D eigenvalue weighted by molar-refractivity contribution is 6.03. The molecule has 0 saturated carbocycles. The first kappa shape index (κ1) is 13.9. The Morgan fingerprint density at radius 3 is 2.40 bits per heavy atom.